The monoisotopic (exact) mass is 429 g/mol. The fourth-order valence-corrected chi connectivity index (χ4v) is 4.91. The molecule has 5 heteroatoms. The van der Waals surface area contributed by atoms with E-state index < -0.39 is 0 Å². The number of rotatable bonds is 3. The van der Waals surface area contributed by atoms with Crippen molar-refractivity contribution in [1.29, 1.82) is 0 Å². The third kappa shape index (κ3) is 3.79. The van der Waals surface area contributed by atoms with Crippen LogP contribution in [0.1, 0.15) is 18.4 Å². The van der Waals surface area contributed by atoms with Crippen molar-refractivity contribution in [3.05, 3.63) is 50.9 Å². The molecule has 1 aliphatic heterocycles. The van der Waals surface area contributed by atoms with Gasteiger partial charge in [-0.3, -0.25) is 0 Å². The number of ether oxygens (including phenoxy) is 1. The van der Waals surface area contributed by atoms with Crippen LogP contribution in [-0.4, -0.2) is 31.2 Å². The molecule has 1 aliphatic carbocycles. The summed E-state index contributed by atoms with van der Waals surface area (Å²) in [5.41, 5.74) is 4.22. The van der Waals surface area contributed by atoms with Crippen LogP contribution in [0.4, 0.5) is 0 Å². The maximum atomic E-state index is 5.50. The van der Waals surface area contributed by atoms with E-state index >= 15 is 0 Å². The summed E-state index contributed by atoms with van der Waals surface area (Å²) in [4.78, 5) is 2.50. The number of hydrogen-bond acceptors (Lipinski definition) is 2. The van der Waals surface area contributed by atoms with E-state index in [9.17, 15) is 0 Å². The third-order valence-corrected chi connectivity index (χ3v) is 6.57. The number of benzene rings is 1. The molecule has 0 N–H and O–H groups in total. The van der Waals surface area contributed by atoms with Crippen molar-refractivity contribution in [2.24, 2.45) is 0 Å². The minimum Gasteiger partial charge on any atom is -0.378 e. The lowest BCUT2D eigenvalue weighted by atomic mass is 10.1. The van der Waals surface area contributed by atoms with E-state index in [1.54, 1.807) is 5.31 Å². The van der Waals surface area contributed by atoms with Gasteiger partial charge in [-0.25, -0.2) is 0 Å². The van der Waals surface area contributed by atoms with Gasteiger partial charge in [0.1, 0.15) is 0 Å². The predicted octanol–water partition coefficient (Wildman–Crippen LogP) is 5.16. The molecule has 0 bridgehead atoms. The van der Waals surface area contributed by atoms with Crippen molar-refractivity contribution < 1.29 is 4.74 Å². The van der Waals surface area contributed by atoms with Gasteiger partial charge in [-0.15, -0.1) is 0 Å². The van der Waals surface area contributed by atoms with Crippen molar-refractivity contribution in [2.75, 3.05) is 26.3 Å². The van der Waals surface area contributed by atoms with Crippen molar-refractivity contribution in [3.8, 4) is 0 Å². The second kappa shape index (κ2) is 7.41. The second-order valence-corrected chi connectivity index (χ2v) is 8.14. The third-order valence-electron chi connectivity index (χ3n) is 3.89. The Kier molecular flexibility index (Phi) is 5.55. The average Bonchev–Trinajstić information content (AvgIpc) is 2.93. The van der Waals surface area contributed by atoms with Crippen LogP contribution in [0.2, 0.25) is 0 Å². The Morgan fingerprint density at radius 1 is 1.10 bits per heavy atom. The van der Waals surface area contributed by atoms with Crippen LogP contribution < -0.4 is 0 Å². The van der Waals surface area contributed by atoms with Gasteiger partial charge >= 0.3 is 0 Å². The highest BCUT2D eigenvalue weighted by molar-refractivity contribution is 9.37. The van der Waals surface area contributed by atoms with Gasteiger partial charge in [0.2, 0.25) is 0 Å². The quantitative estimate of drug-likeness (QED) is 0.614. The first-order chi connectivity index (χ1) is 10.3. The Balaban J connectivity index is 1.90. The normalized spacial score (nSPS) is 22.0. The minimum atomic E-state index is 0.722. The first-order valence-corrected chi connectivity index (χ1v) is 11.2. The second-order valence-electron chi connectivity index (χ2n) is 5.24. The Labute approximate surface area is 144 Å². The molecule has 1 fully saturated rings. The van der Waals surface area contributed by atoms with Gasteiger partial charge in [0, 0.05) is 23.3 Å². The Hall–Kier alpha value is -0.150. The summed E-state index contributed by atoms with van der Waals surface area (Å²) >= 11 is 7.18. The molecule has 21 heavy (non-hydrogen) atoms. The Morgan fingerprint density at radius 3 is 2.48 bits per heavy atom. The molecule has 0 radical (unpaired) electrons. The molecule has 0 amide bonds. The van der Waals surface area contributed by atoms with E-state index in [4.69, 9.17) is 4.74 Å². The molecule has 0 saturated carbocycles. The molecule has 2 aliphatic rings. The van der Waals surface area contributed by atoms with Crippen LogP contribution in [0.25, 0.3) is 6.08 Å². The van der Waals surface area contributed by atoms with Crippen LogP contribution in [0.3, 0.4) is 0 Å². The van der Waals surface area contributed by atoms with Gasteiger partial charge in [-0.2, -0.15) is 0 Å². The van der Waals surface area contributed by atoms with Crippen LogP contribution in [0.15, 0.2) is 45.3 Å². The van der Waals surface area contributed by atoms with Gasteiger partial charge in [0.15, 0.2) is 0 Å². The summed E-state index contributed by atoms with van der Waals surface area (Å²) < 4.78 is 6.62. The molecule has 3 rings (SSSR count). The van der Waals surface area contributed by atoms with E-state index in [2.05, 4.69) is 66.7 Å². The summed E-state index contributed by atoms with van der Waals surface area (Å²) in [5, 5.41) is 1.56. The minimum absolute atomic E-state index is 0.722. The van der Waals surface area contributed by atoms with Crippen LogP contribution in [-0.2, 0) is 4.74 Å². The number of hydrogen-bond donors (Lipinski definition) is 0. The zero-order valence-corrected chi connectivity index (χ0v) is 15.9. The first-order valence-electron chi connectivity index (χ1n) is 7.17. The molecule has 1 unspecified atom stereocenters. The van der Waals surface area contributed by atoms with Crippen molar-refractivity contribution in [3.63, 3.8) is 0 Å². The molecule has 1 aromatic rings. The van der Waals surface area contributed by atoms with Gasteiger partial charge in [-0.1, -0.05) is 43.6 Å². The highest BCUT2D eigenvalue weighted by atomic mass is 79.9. The van der Waals surface area contributed by atoms with Crippen LogP contribution in [0, 0.1) is 0 Å². The van der Waals surface area contributed by atoms with Crippen molar-refractivity contribution in [1.82, 2.24) is 4.90 Å². The van der Waals surface area contributed by atoms with E-state index in [0.29, 0.717) is 0 Å². The first kappa shape index (κ1) is 15.7. The molecule has 112 valence electrons. The summed E-state index contributed by atoms with van der Waals surface area (Å²) in [6.45, 7) is 3.70. The van der Waals surface area contributed by atoms with Gasteiger partial charge < -0.3 is 9.64 Å². The SMILES string of the molecule is BrPC1=C(N2CCOCC2)/C(=C/c2ccc(Br)cc2)CC1. The Morgan fingerprint density at radius 2 is 1.81 bits per heavy atom. The highest BCUT2D eigenvalue weighted by Crippen LogP contribution is 2.46. The van der Waals surface area contributed by atoms with Gasteiger partial charge in [0.05, 0.1) is 13.2 Å². The number of nitrogens with zero attached hydrogens (tertiary/aromatic N) is 1. The Bertz CT molecular complexity index is 562. The standard InChI is InChI=1S/C16H18Br2NOP/c17-14-4-1-12(2-5-14)11-13-3-6-15(21-18)16(13)19-7-9-20-10-8-19/h1-2,4-5,11,21H,3,6-10H2/b13-11+. The van der Waals surface area contributed by atoms with Crippen LogP contribution >= 0.6 is 38.7 Å². The molecule has 1 aromatic carbocycles. The summed E-state index contributed by atoms with van der Waals surface area (Å²) in [6.07, 6.45) is 4.67. The van der Waals surface area contributed by atoms with E-state index in [-0.39, 0.29) is 0 Å². The zero-order valence-electron chi connectivity index (χ0n) is 11.7. The zero-order chi connectivity index (χ0) is 14.7. The van der Waals surface area contributed by atoms with Crippen molar-refractivity contribution >= 4 is 44.8 Å². The lowest BCUT2D eigenvalue weighted by molar-refractivity contribution is 0.0549. The van der Waals surface area contributed by atoms with Crippen molar-refractivity contribution in [2.45, 2.75) is 12.8 Å². The summed E-state index contributed by atoms with van der Waals surface area (Å²) in [5.74, 6) is 0. The summed E-state index contributed by atoms with van der Waals surface area (Å²) in [7, 11) is 0.722. The van der Waals surface area contributed by atoms with E-state index in [1.165, 1.54) is 23.3 Å². The largest absolute Gasteiger partial charge is 0.378 e. The maximum absolute atomic E-state index is 5.50. The number of halogens is 2. The fourth-order valence-electron chi connectivity index (χ4n) is 2.86. The fraction of sp³-hybridized carbons (Fsp3) is 0.375. The predicted molar refractivity (Wildman–Crippen MR) is 98.0 cm³/mol. The smallest absolute Gasteiger partial charge is 0.0642 e. The van der Waals surface area contributed by atoms with Gasteiger partial charge in [-0.05, 0) is 54.8 Å². The number of allylic oxidation sites excluding steroid dienone is 2. The molecular formula is C16H18Br2NOP. The van der Waals surface area contributed by atoms with E-state index in [0.717, 1.165) is 44.5 Å². The lowest BCUT2D eigenvalue weighted by Crippen LogP contribution is -2.35. The van der Waals surface area contributed by atoms with Crippen LogP contribution in [0.5, 0.6) is 0 Å². The topological polar surface area (TPSA) is 12.5 Å². The molecule has 1 saturated heterocycles. The molecule has 0 aromatic heterocycles. The molecule has 2 nitrogen and oxygen atoms in total. The molecule has 1 atom stereocenters. The molecule has 0 spiro atoms. The van der Waals surface area contributed by atoms with Gasteiger partial charge in [0.25, 0.3) is 0 Å². The highest BCUT2D eigenvalue weighted by Gasteiger charge is 2.25. The average molecular weight is 431 g/mol. The van der Waals surface area contributed by atoms with E-state index in [1.807, 2.05) is 0 Å². The summed E-state index contributed by atoms with van der Waals surface area (Å²) in [6, 6.07) is 8.55. The number of morpholine rings is 1. The molecule has 1 heterocycles. The molecular weight excluding hydrogens is 413 g/mol. The lowest BCUT2D eigenvalue weighted by Gasteiger charge is -2.31. The maximum Gasteiger partial charge on any atom is 0.0642 e.